The standard InChI is InChI=1S/C24H25N3O7S/c1-4-33-23(30)20-19(18-17(32-3)10-13(2)25-22(18)35-20)26-21(29)16-11-14(28)12-27(16)24(31)34-15-8-6-5-7-9-15/h5-10,14,16,28H,4,11-12H2,1-3H3,(H,26,29)/t14-,16-/m1/s1. The lowest BCUT2D eigenvalue weighted by molar-refractivity contribution is -0.119. The number of rotatable bonds is 6. The summed E-state index contributed by atoms with van der Waals surface area (Å²) in [6.07, 6.45) is -1.65. The quantitative estimate of drug-likeness (QED) is 0.494. The number of likely N-dealkylation sites (tertiary alicyclic amines) is 1. The minimum Gasteiger partial charge on any atom is -0.496 e. The van der Waals surface area contributed by atoms with Gasteiger partial charge in [-0.15, -0.1) is 11.3 Å². The van der Waals surface area contributed by atoms with E-state index in [1.807, 2.05) is 0 Å². The average Bonchev–Trinajstić information content (AvgIpc) is 3.40. The highest BCUT2D eigenvalue weighted by atomic mass is 32.1. The van der Waals surface area contributed by atoms with Crippen LogP contribution in [0.2, 0.25) is 0 Å². The first-order valence-corrected chi connectivity index (χ1v) is 11.8. The van der Waals surface area contributed by atoms with Crippen LogP contribution in [0.3, 0.4) is 0 Å². The highest BCUT2D eigenvalue weighted by Crippen LogP contribution is 2.41. The Morgan fingerprint density at radius 1 is 1.26 bits per heavy atom. The maximum Gasteiger partial charge on any atom is 0.416 e. The van der Waals surface area contributed by atoms with Gasteiger partial charge in [0.15, 0.2) is 0 Å². The van der Waals surface area contributed by atoms with Crippen molar-refractivity contribution in [1.29, 1.82) is 0 Å². The Hall–Kier alpha value is -3.70. The molecule has 0 radical (unpaired) electrons. The number of para-hydroxylation sites is 1. The number of carbonyl (C=O) groups is 3. The average molecular weight is 500 g/mol. The van der Waals surface area contributed by atoms with Crippen molar-refractivity contribution in [3.63, 3.8) is 0 Å². The minimum absolute atomic E-state index is 0.0149. The Kier molecular flexibility index (Phi) is 7.17. The van der Waals surface area contributed by atoms with Crippen LogP contribution in [-0.4, -0.2) is 65.4 Å². The molecule has 1 aromatic carbocycles. The summed E-state index contributed by atoms with van der Waals surface area (Å²) in [5.74, 6) is -0.448. The number of amides is 2. The predicted octanol–water partition coefficient (Wildman–Crippen LogP) is 3.36. The number of carbonyl (C=O) groups excluding carboxylic acids is 3. The molecule has 0 unspecified atom stereocenters. The number of ether oxygens (including phenoxy) is 3. The van der Waals surface area contributed by atoms with Gasteiger partial charge >= 0.3 is 12.1 Å². The Morgan fingerprint density at radius 3 is 2.69 bits per heavy atom. The number of aliphatic hydroxyl groups is 1. The van der Waals surface area contributed by atoms with Crippen molar-refractivity contribution >= 4 is 45.2 Å². The maximum atomic E-state index is 13.4. The molecule has 1 fully saturated rings. The smallest absolute Gasteiger partial charge is 0.416 e. The highest BCUT2D eigenvalue weighted by Gasteiger charge is 2.41. The molecule has 3 aromatic rings. The van der Waals surface area contributed by atoms with Gasteiger partial charge in [0.1, 0.15) is 27.2 Å². The number of aromatic nitrogens is 1. The number of aryl methyl sites for hydroxylation is 1. The zero-order chi connectivity index (χ0) is 25.1. The van der Waals surface area contributed by atoms with Gasteiger partial charge in [-0.1, -0.05) is 18.2 Å². The van der Waals surface area contributed by atoms with Crippen molar-refractivity contribution in [2.75, 3.05) is 25.6 Å². The molecule has 0 saturated carbocycles. The van der Waals surface area contributed by atoms with Crippen LogP contribution in [0, 0.1) is 6.92 Å². The van der Waals surface area contributed by atoms with Gasteiger partial charge in [0.05, 0.1) is 37.4 Å². The summed E-state index contributed by atoms with van der Waals surface area (Å²) >= 11 is 1.07. The number of thiophene rings is 1. The van der Waals surface area contributed by atoms with E-state index in [9.17, 15) is 19.5 Å². The minimum atomic E-state index is -1.02. The molecule has 184 valence electrons. The van der Waals surface area contributed by atoms with E-state index in [-0.39, 0.29) is 30.1 Å². The van der Waals surface area contributed by atoms with Crippen LogP contribution in [0.25, 0.3) is 10.2 Å². The summed E-state index contributed by atoms with van der Waals surface area (Å²) < 4.78 is 16.0. The fraction of sp³-hybridized carbons (Fsp3) is 0.333. The second kappa shape index (κ2) is 10.3. The number of hydrogen-bond donors (Lipinski definition) is 2. The molecule has 0 aliphatic carbocycles. The van der Waals surface area contributed by atoms with Crippen LogP contribution in [0.15, 0.2) is 36.4 Å². The third-order valence-corrected chi connectivity index (χ3v) is 6.51. The zero-order valence-corrected chi connectivity index (χ0v) is 20.3. The first kappa shape index (κ1) is 24.4. The number of aliphatic hydroxyl groups excluding tert-OH is 1. The van der Waals surface area contributed by atoms with E-state index in [1.54, 1.807) is 50.2 Å². The number of fused-ring (bicyclic) bond motifs is 1. The molecule has 2 atom stereocenters. The number of β-amino-alcohol motifs (C(OH)–C–C–N with tert-alkyl or cyclic N) is 1. The highest BCUT2D eigenvalue weighted by molar-refractivity contribution is 7.21. The molecular weight excluding hydrogens is 474 g/mol. The largest absolute Gasteiger partial charge is 0.496 e. The number of esters is 1. The summed E-state index contributed by atoms with van der Waals surface area (Å²) in [6, 6.07) is 9.12. The van der Waals surface area contributed by atoms with Gasteiger partial charge in [-0.3, -0.25) is 9.69 Å². The molecule has 2 amide bonds. The second-order valence-electron chi connectivity index (χ2n) is 7.90. The molecule has 0 spiro atoms. The van der Waals surface area contributed by atoms with Crippen LogP contribution < -0.4 is 14.8 Å². The van der Waals surface area contributed by atoms with E-state index in [0.717, 1.165) is 11.3 Å². The van der Waals surface area contributed by atoms with Gasteiger partial charge in [-0.05, 0) is 26.0 Å². The van der Waals surface area contributed by atoms with Gasteiger partial charge in [-0.25, -0.2) is 14.6 Å². The van der Waals surface area contributed by atoms with Crippen molar-refractivity contribution in [1.82, 2.24) is 9.88 Å². The normalized spacial score (nSPS) is 17.3. The summed E-state index contributed by atoms with van der Waals surface area (Å²) in [7, 11) is 1.48. The van der Waals surface area contributed by atoms with E-state index in [1.165, 1.54) is 12.0 Å². The van der Waals surface area contributed by atoms with Crippen molar-refractivity contribution in [2.24, 2.45) is 0 Å². The molecule has 35 heavy (non-hydrogen) atoms. The van der Waals surface area contributed by atoms with Crippen LogP contribution in [0.5, 0.6) is 11.5 Å². The second-order valence-corrected chi connectivity index (χ2v) is 8.90. The van der Waals surface area contributed by atoms with Crippen molar-refractivity contribution in [3.05, 3.63) is 47.0 Å². The van der Waals surface area contributed by atoms with Crippen LogP contribution in [-0.2, 0) is 9.53 Å². The zero-order valence-electron chi connectivity index (χ0n) is 19.4. The molecule has 3 heterocycles. The molecule has 2 N–H and O–H groups in total. The number of nitrogens with zero attached hydrogens (tertiary/aromatic N) is 2. The number of hydrogen-bond acceptors (Lipinski definition) is 9. The van der Waals surface area contributed by atoms with Gasteiger partial charge in [0.25, 0.3) is 0 Å². The van der Waals surface area contributed by atoms with E-state index in [0.29, 0.717) is 27.4 Å². The number of anilines is 1. The summed E-state index contributed by atoms with van der Waals surface area (Å²) in [6.45, 7) is 3.56. The summed E-state index contributed by atoms with van der Waals surface area (Å²) in [4.78, 5) is 45.2. The number of pyridine rings is 1. The third kappa shape index (κ3) is 5.05. The van der Waals surface area contributed by atoms with E-state index >= 15 is 0 Å². The molecule has 0 bridgehead atoms. The number of benzene rings is 1. The molecule has 2 aromatic heterocycles. The SMILES string of the molecule is CCOC(=O)c1sc2nc(C)cc(OC)c2c1NC(=O)[C@H]1C[C@@H](O)CN1C(=O)Oc1ccccc1. The molecular formula is C24H25N3O7S. The topological polar surface area (TPSA) is 127 Å². The van der Waals surface area contributed by atoms with Gasteiger partial charge in [0.2, 0.25) is 5.91 Å². The lowest BCUT2D eigenvalue weighted by Gasteiger charge is -2.23. The van der Waals surface area contributed by atoms with E-state index < -0.39 is 30.1 Å². The lowest BCUT2D eigenvalue weighted by atomic mass is 10.1. The Morgan fingerprint density at radius 2 is 2.00 bits per heavy atom. The van der Waals surface area contributed by atoms with Crippen molar-refractivity contribution in [3.8, 4) is 11.5 Å². The number of methoxy groups -OCH3 is 1. The predicted molar refractivity (Wildman–Crippen MR) is 129 cm³/mol. The van der Waals surface area contributed by atoms with Crippen molar-refractivity contribution < 1.29 is 33.7 Å². The monoisotopic (exact) mass is 499 g/mol. The summed E-state index contributed by atoms with van der Waals surface area (Å²) in [5, 5.41) is 13.4. The Bertz CT molecular complexity index is 1260. The fourth-order valence-corrected chi connectivity index (χ4v) is 5.01. The lowest BCUT2D eigenvalue weighted by Crippen LogP contribution is -2.44. The first-order valence-electron chi connectivity index (χ1n) is 11.0. The van der Waals surface area contributed by atoms with Crippen molar-refractivity contribution in [2.45, 2.75) is 32.4 Å². The molecule has 1 aliphatic heterocycles. The fourth-order valence-electron chi connectivity index (χ4n) is 3.92. The van der Waals surface area contributed by atoms with Gasteiger partial charge in [-0.2, -0.15) is 0 Å². The molecule has 10 nitrogen and oxygen atoms in total. The molecule has 1 aliphatic rings. The van der Waals surface area contributed by atoms with Crippen LogP contribution in [0.4, 0.5) is 10.5 Å². The van der Waals surface area contributed by atoms with E-state index in [4.69, 9.17) is 14.2 Å². The third-order valence-electron chi connectivity index (χ3n) is 5.45. The van der Waals surface area contributed by atoms with Gasteiger partial charge < -0.3 is 24.6 Å². The molecule has 11 heteroatoms. The summed E-state index contributed by atoms with van der Waals surface area (Å²) in [5.41, 5.74) is 0.869. The van der Waals surface area contributed by atoms with E-state index in [2.05, 4.69) is 10.3 Å². The maximum absolute atomic E-state index is 13.4. The van der Waals surface area contributed by atoms with Crippen LogP contribution >= 0.6 is 11.3 Å². The van der Waals surface area contributed by atoms with Crippen LogP contribution in [0.1, 0.15) is 28.7 Å². The first-order chi connectivity index (χ1) is 16.8. The molecule has 4 rings (SSSR count). The van der Waals surface area contributed by atoms with Gasteiger partial charge in [0, 0.05) is 18.2 Å². The Balaban J connectivity index is 1.66. The number of nitrogens with one attached hydrogen (secondary N) is 1. The molecule has 1 saturated heterocycles. The Labute approximate surface area is 205 Å².